The van der Waals surface area contributed by atoms with E-state index in [1.54, 1.807) is 18.3 Å². The van der Waals surface area contributed by atoms with Crippen LogP contribution in [0.15, 0.2) is 48.8 Å². The van der Waals surface area contributed by atoms with E-state index in [1.807, 2.05) is 56.3 Å². The van der Waals surface area contributed by atoms with Gasteiger partial charge in [0.15, 0.2) is 0 Å². The van der Waals surface area contributed by atoms with Crippen molar-refractivity contribution in [2.75, 3.05) is 13.6 Å². The normalized spacial score (nSPS) is 13.2. The minimum Gasteiger partial charge on any atom is -0.350 e. The van der Waals surface area contributed by atoms with Crippen molar-refractivity contribution < 1.29 is 9.59 Å². The van der Waals surface area contributed by atoms with Crippen LogP contribution >= 0.6 is 11.6 Å². The zero-order valence-electron chi connectivity index (χ0n) is 18.0. The molecule has 8 heteroatoms. The van der Waals surface area contributed by atoms with Gasteiger partial charge in [0.2, 0.25) is 11.8 Å². The van der Waals surface area contributed by atoms with Gasteiger partial charge in [0.1, 0.15) is 11.7 Å². The fourth-order valence-electron chi connectivity index (χ4n) is 3.27. The molecule has 1 unspecified atom stereocenters. The van der Waals surface area contributed by atoms with Crippen LogP contribution in [0.1, 0.15) is 25.0 Å². The lowest BCUT2D eigenvalue weighted by Crippen LogP contribution is -2.53. The molecule has 0 aliphatic heterocycles. The minimum absolute atomic E-state index is 0.193. The number of aromatic nitrogens is 2. The topological polar surface area (TPSA) is 90.1 Å². The Bertz CT molecular complexity index is 1050. The summed E-state index contributed by atoms with van der Waals surface area (Å²) >= 11 is 6.10. The molecule has 2 amide bonds. The maximum Gasteiger partial charge on any atom is 0.243 e. The van der Waals surface area contributed by atoms with Crippen molar-refractivity contribution in [3.8, 4) is 0 Å². The Morgan fingerprint density at radius 2 is 2.00 bits per heavy atom. The smallest absolute Gasteiger partial charge is 0.243 e. The molecule has 31 heavy (non-hydrogen) atoms. The molecule has 0 saturated carbocycles. The number of halogens is 1. The Balaban J connectivity index is 1.71. The number of benzene rings is 1. The maximum atomic E-state index is 13.0. The third kappa shape index (κ3) is 6.06. The van der Waals surface area contributed by atoms with Crippen LogP contribution in [0.5, 0.6) is 0 Å². The molecule has 3 aromatic rings. The van der Waals surface area contributed by atoms with E-state index in [9.17, 15) is 9.59 Å². The lowest BCUT2D eigenvalue weighted by atomic mass is 10.0. The average Bonchev–Trinajstić information content (AvgIpc) is 3.23. The minimum atomic E-state index is -0.720. The third-order valence-corrected chi connectivity index (χ3v) is 5.66. The van der Waals surface area contributed by atoms with Crippen molar-refractivity contribution in [3.63, 3.8) is 0 Å². The first kappa shape index (κ1) is 22.8. The summed E-state index contributed by atoms with van der Waals surface area (Å²) in [6.45, 7) is 4.86. The molecule has 0 fully saturated rings. The van der Waals surface area contributed by atoms with Crippen molar-refractivity contribution in [2.24, 2.45) is 0 Å². The Labute approximate surface area is 187 Å². The quantitative estimate of drug-likeness (QED) is 0.476. The lowest BCUT2D eigenvalue weighted by Gasteiger charge is -2.25. The van der Waals surface area contributed by atoms with E-state index in [4.69, 9.17) is 11.6 Å². The molecule has 3 N–H and O–H groups in total. The van der Waals surface area contributed by atoms with E-state index in [-0.39, 0.29) is 17.9 Å². The number of likely N-dealkylation sites (N-methyl/N-ethyl adjacent to an activating group) is 1. The molecule has 0 spiro atoms. The number of nitrogens with one attached hydrogen (secondary N) is 3. The van der Waals surface area contributed by atoms with Crippen LogP contribution < -0.4 is 10.6 Å². The summed E-state index contributed by atoms with van der Waals surface area (Å²) < 4.78 is 0. The number of amides is 2. The summed E-state index contributed by atoms with van der Waals surface area (Å²) in [5.41, 5.74) is 2.56. The highest BCUT2D eigenvalue weighted by atomic mass is 35.5. The number of nitrogens with zero attached hydrogens (tertiary/aromatic N) is 2. The van der Waals surface area contributed by atoms with Crippen LogP contribution in [-0.2, 0) is 22.6 Å². The zero-order chi connectivity index (χ0) is 22.4. The van der Waals surface area contributed by atoms with Crippen molar-refractivity contribution >= 4 is 34.4 Å². The molecule has 0 aliphatic rings. The van der Waals surface area contributed by atoms with E-state index in [0.717, 1.165) is 28.7 Å². The average molecular weight is 442 g/mol. The third-order valence-electron chi connectivity index (χ3n) is 5.42. The number of H-pyrrole nitrogens is 1. The van der Waals surface area contributed by atoms with Crippen LogP contribution in [-0.4, -0.2) is 52.4 Å². The summed E-state index contributed by atoms with van der Waals surface area (Å²) in [7, 11) is 1.88. The molecule has 7 nitrogen and oxygen atoms in total. The molecular weight excluding hydrogens is 414 g/mol. The van der Waals surface area contributed by atoms with Gasteiger partial charge in [0, 0.05) is 35.8 Å². The van der Waals surface area contributed by atoms with Gasteiger partial charge in [-0.2, -0.15) is 0 Å². The fraction of sp³-hybridized carbons (Fsp3) is 0.348. The second kappa shape index (κ2) is 10.4. The van der Waals surface area contributed by atoms with E-state index in [1.165, 1.54) is 0 Å². The van der Waals surface area contributed by atoms with Crippen molar-refractivity contribution in [1.82, 2.24) is 25.5 Å². The number of carbonyl (C=O) groups excluding carboxylic acids is 2. The van der Waals surface area contributed by atoms with E-state index >= 15 is 0 Å². The predicted molar refractivity (Wildman–Crippen MR) is 123 cm³/mol. The molecule has 3 rings (SSSR count). The molecule has 2 atom stereocenters. The first-order valence-corrected chi connectivity index (χ1v) is 10.7. The Kier molecular flexibility index (Phi) is 7.65. The molecule has 2 aromatic heterocycles. The Morgan fingerprint density at radius 1 is 1.19 bits per heavy atom. The van der Waals surface area contributed by atoms with Gasteiger partial charge in [0.25, 0.3) is 0 Å². The van der Waals surface area contributed by atoms with Crippen LogP contribution in [0.4, 0.5) is 0 Å². The molecule has 0 radical (unpaired) electrons. The summed E-state index contributed by atoms with van der Waals surface area (Å²) in [5.74, 6) is -0.448. The van der Waals surface area contributed by atoms with Gasteiger partial charge < -0.3 is 15.6 Å². The van der Waals surface area contributed by atoms with Gasteiger partial charge in [-0.05, 0) is 55.9 Å². The highest BCUT2D eigenvalue weighted by Crippen LogP contribution is 2.14. The second-order valence-electron chi connectivity index (χ2n) is 7.62. The Morgan fingerprint density at radius 3 is 2.74 bits per heavy atom. The lowest BCUT2D eigenvalue weighted by molar-refractivity contribution is -0.131. The molecule has 2 heterocycles. The summed E-state index contributed by atoms with van der Waals surface area (Å²) in [4.78, 5) is 35.1. The number of rotatable bonds is 9. The molecule has 164 valence electrons. The largest absolute Gasteiger partial charge is 0.350 e. The molecule has 0 aliphatic carbocycles. The van der Waals surface area contributed by atoms with Gasteiger partial charge in [0.05, 0.1) is 6.04 Å². The number of fused-ring (bicyclic) bond motifs is 1. The maximum absolute atomic E-state index is 13.0. The van der Waals surface area contributed by atoms with Gasteiger partial charge in [-0.15, -0.1) is 0 Å². The first-order valence-electron chi connectivity index (χ1n) is 10.3. The standard InChI is InChI=1S/C23H28ClN5O2/c1-4-29(3)15(2)22(30)28-20(12-16-6-5-7-19(24)11-16)23(31)27-14-17-10-18-8-9-25-21(18)26-13-17/h5-11,13,15,20H,4,12,14H2,1-3H3,(H,25,26)(H,27,31)(H,28,30)/t15?,20-/m0/s1. The van der Waals surface area contributed by atoms with Crippen LogP contribution in [0, 0.1) is 0 Å². The monoisotopic (exact) mass is 441 g/mol. The SMILES string of the molecule is CCN(C)C(C)C(=O)N[C@@H](Cc1cccc(Cl)c1)C(=O)NCc1cnc2[nH]ccc2c1. The number of pyridine rings is 1. The molecular formula is C23H28ClN5O2. The van der Waals surface area contributed by atoms with Gasteiger partial charge in [-0.3, -0.25) is 14.5 Å². The van der Waals surface area contributed by atoms with E-state index in [0.29, 0.717) is 18.0 Å². The summed E-state index contributed by atoms with van der Waals surface area (Å²) in [6, 6.07) is 10.1. The number of carbonyl (C=O) groups is 2. The molecule has 1 aromatic carbocycles. The van der Waals surface area contributed by atoms with Gasteiger partial charge >= 0.3 is 0 Å². The van der Waals surface area contributed by atoms with E-state index in [2.05, 4.69) is 20.6 Å². The highest BCUT2D eigenvalue weighted by Gasteiger charge is 2.25. The summed E-state index contributed by atoms with van der Waals surface area (Å²) in [6.07, 6.45) is 3.89. The van der Waals surface area contributed by atoms with Crippen LogP contribution in [0.25, 0.3) is 11.0 Å². The first-order chi connectivity index (χ1) is 14.9. The highest BCUT2D eigenvalue weighted by molar-refractivity contribution is 6.30. The van der Waals surface area contributed by atoms with Crippen LogP contribution in [0.3, 0.4) is 0 Å². The van der Waals surface area contributed by atoms with Crippen LogP contribution in [0.2, 0.25) is 5.02 Å². The van der Waals surface area contributed by atoms with Crippen molar-refractivity contribution in [1.29, 1.82) is 0 Å². The number of aromatic amines is 1. The number of hydrogen-bond donors (Lipinski definition) is 3. The van der Waals surface area contributed by atoms with Gasteiger partial charge in [-0.25, -0.2) is 4.98 Å². The summed E-state index contributed by atoms with van der Waals surface area (Å²) in [5, 5.41) is 7.40. The van der Waals surface area contributed by atoms with Crippen molar-refractivity contribution in [3.05, 3.63) is 64.9 Å². The van der Waals surface area contributed by atoms with E-state index < -0.39 is 6.04 Å². The Hall–Kier alpha value is -2.90. The predicted octanol–water partition coefficient (Wildman–Crippen LogP) is 2.90. The second-order valence-corrected chi connectivity index (χ2v) is 8.06. The molecule has 0 bridgehead atoms. The van der Waals surface area contributed by atoms with Crippen molar-refractivity contribution in [2.45, 2.75) is 38.9 Å². The van der Waals surface area contributed by atoms with Gasteiger partial charge in [-0.1, -0.05) is 30.7 Å². The fourth-order valence-corrected chi connectivity index (χ4v) is 3.48. The molecule has 0 saturated heterocycles. The number of hydrogen-bond acceptors (Lipinski definition) is 4. The zero-order valence-corrected chi connectivity index (χ0v) is 18.7.